The van der Waals surface area contributed by atoms with Crippen LogP contribution in [0.15, 0.2) is 0 Å². The minimum Gasteiger partial charge on any atom is -0.381 e. The molecule has 0 heterocycles. The molecule has 1 unspecified atom stereocenters. The highest BCUT2D eigenvalue weighted by atomic mass is 16.5. The Balaban J connectivity index is 1.32. The number of ether oxygens (including phenoxy) is 1. The van der Waals surface area contributed by atoms with E-state index in [1.54, 1.807) is 25.7 Å². The van der Waals surface area contributed by atoms with Crippen LogP contribution in [-0.4, -0.2) is 13.2 Å². The summed E-state index contributed by atoms with van der Waals surface area (Å²) in [5.41, 5.74) is 1.33. The van der Waals surface area contributed by atoms with E-state index in [1.807, 2.05) is 0 Å². The largest absolute Gasteiger partial charge is 0.381 e. The van der Waals surface area contributed by atoms with Gasteiger partial charge in [-0.2, -0.15) is 0 Å². The summed E-state index contributed by atoms with van der Waals surface area (Å²) in [6.45, 7) is 9.72. The Kier molecular flexibility index (Phi) is 6.81. The van der Waals surface area contributed by atoms with Crippen molar-refractivity contribution in [1.82, 2.24) is 0 Å². The van der Waals surface area contributed by atoms with Crippen LogP contribution in [0.3, 0.4) is 0 Å². The van der Waals surface area contributed by atoms with Crippen molar-refractivity contribution in [2.45, 2.75) is 117 Å². The number of rotatable bonds is 8. The Bertz CT molecular complexity index is 500. The van der Waals surface area contributed by atoms with Gasteiger partial charge in [-0.15, -0.1) is 0 Å². The molecular formula is C27H48O. The van der Waals surface area contributed by atoms with Gasteiger partial charge in [0.1, 0.15) is 0 Å². The maximum absolute atomic E-state index is 6.06. The maximum Gasteiger partial charge on any atom is 0.0468 e. The predicted molar refractivity (Wildman–Crippen MR) is 119 cm³/mol. The number of hydrogen-bond acceptors (Lipinski definition) is 1. The summed E-state index contributed by atoms with van der Waals surface area (Å²) in [5, 5.41) is 0. The lowest BCUT2D eigenvalue weighted by atomic mass is 9.45. The molecule has 4 saturated carbocycles. The Morgan fingerprint density at radius 1 is 0.750 bits per heavy atom. The lowest BCUT2D eigenvalue weighted by molar-refractivity contribution is -0.112. The molecule has 7 atom stereocenters. The van der Waals surface area contributed by atoms with Crippen molar-refractivity contribution < 1.29 is 4.74 Å². The first-order valence-corrected chi connectivity index (χ1v) is 13.2. The van der Waals surface area contributed by atoms with Gasteiger partial charge in [0.25, 0.3) is 0 Å². The molecule has 0 radical (unpaired) electrons. The molecule has 0 N–H and O–H groups in total. The molecule has 4 aliphatic rings. The van der Waals surface area contributed by atoms with E-state index in [1.165, 1.54) is 70.6 Å². The zero-order chi connectivity index (χ0) is 19.6. The van der Waals surface area contributed by atoms with Gasteiger partial charge in [-0.05, 0) is 105 Å². The van der Waals surface area contributed by atoms with Crippen LogP contribution in [-0.2, 0) is 4.74 Å². The fraction of sp³-hybridized carbons (Fsp3) is 1.00. The highest BCUT2D eigenvalue weighted by Gasteiger charge is 2.59. The van der Waals surface area contributed by atoms with Crippen LogP contribution in [0, 0.1) is 40.4 Å². The fourth-order valence-corrected chi connectivity index (χ4v) is 8.84. The summed E-state index contributed by atoms with van der Waals surface area (Å²) in [5.74, 6) is 5.13. The minimum atomic E-state index is 0.630. The van der Waals surface area contributed by atoms with Crippen LogP contribution >= 0.6 is 0 Å². The van der Waals surface area contributed by atoms with Gasteiger partial charge in [-0.3, -0.25) is 0 Å². The van der Waals surface area contributed by atoms with Crippen molar-refractivity contribution in [1.29, 1.82) is 0 Å². The Morgan fingerprint density at radius 3 is 2.46 bits per heavy atom. The van der Waals surface area contributed by atoms with Gasteiger partial charge in [0.05, 0.1) is 0 Å². The quantitative estimate of drug-likeness (QED) is 0.382. The molecule has 4 fully saturated rings. The zero-order valence-corrected chi connectivity index (χ0v) is 19.3. The topological polar surface area (TPSA) is 9.23 Å². The van der Waals surface area contributed by atoms with Crippen LogP contribution in [0.25, 0.3) is 0 Å². The molecule has 4 aliphatic carbocycles. The number of fused-ring (bicyclic) bond motifs is 5. The van der Waals surface area contributed by atoms with E-state index in [2.05, 4.69) is 20.8 Å². The summed E-state index contributed by atoms with van der Waals surface area (Å²) in [4.78, 5) is 0. The molecule has 4 rings (SSSR count). The van der Waals surface area contributed by atoms with Crippen molar-refractivity contribution >= 4 is 0 Å². The van der Waals surface area contributed by atoms with Crippen molar-refractivity contribution in [3.05, 3.63) is 0 Å². The van der Waals surface area contributed by atoms with Crippen LogP contribution in [0.5, 0.6) is 0 Å². The van der Waals surface area contributed by atoms with Gasteiger partial charge in [0.2, 0.25) is 0 Å². The first kappa shape index (κ1) is 21.2. The minimum absolute atomic E-state index is 0.630. The monoisotopic (exact) mass is 388 g/mol. The van der Waals surface area contributed by atoms with Crippen LogP contribution in [0.2, 0.25) is 0 Å². The molecule has 0 aromatic heterocycles. The molecule has 0 aliphatic heterocycles. The Hall–Kier alpha value is -0.0400. The van der Waals surface area contributed by atoms with Crippen molar-refractivity contribution in [3.8, 4) is 0 Å². The third-order valence-electron chi connectivity index (χ3n) is 10.5. The van der Waals surface area contributed by atoms with Gasteiger partial charge in [-0.1, -0.05) is 52.9 Å². The normalized spacial score (nSPS) is 45.3. The summed E-state index contributed by atoms with van der Waals surface area (Å²) < 4.78 is 6.06. The summed E-state index contributed by atoms with van der Waals surface area (Å²) in [6.07, 6.45) is 21.9. The summed E-state index contributed by atoms with van der Waals surface area (Å²) >= 11 is 0. The van der Waals surface area contributed by atoms with Gasteiger partial charge < -0.3 is 4.74 Å². The summed E-state index contributed by atoms with van der Waals surface area (Å²) in [6, 6.07) is 0. The molecule has 0 amide bonds. The van der Waals surface area contributed by atoms with Crippen molar-refractivity contribution in [2.24, 2.45) is 40.4 Å². The smallest absolute Gasteiger partial charge is 0.0468 e. The van der Waals surface area contributed by atoms with Crippen molar-refractivity contribution in [2.75, 3.05) is 13.2 Å². The lowest BCUT2D eigenvalue weighted by Gasteiger charge is -2.60. The highest BCUT2D eigenvalue weighted by molar-refractivity contribution is 5.08. The predicted octanol–water partition coefficient (Wildman–Crippen LogP) is 8.02. The van der Waals surface area contributed by atoms with Gasteiger partial charge >= 0.3 is 0 Å². The van der Waals surface area contributed by atoms with E-state index in [0.717, 1.165) is 42.8 Å². The maximum atomic E-state index is 6.06. The summed E-state index contributed by atoms with van der Waals surface area (Å²) in [7, 11) is 0. The molecule has 28 heavy (non-hydrogen) atoms. The van der Waals surface area contributed by atoms with E-state index in [0.29, 0.717) is 10.8 Å². The highest BCUT2D eigenvalue weighted by Crippen LogP contribution is 2.67. The molecule has 0 aromatic carbocycles. The SMILES string of the molecule is CCCCCCOCC[C@H]1CC[C@H]2[C@@H]3CCC4CCCC[C@]4(C)[C@H]3CC[C@]12C. The van der Waals surface area contributed by atoms with Crippen molar-refractivity contribution in [3.63, 3.8) is 0 Å². The van der Waals surface area contributed by atoms with E-state index in [9.17, 15) is 0 Å². The first-order chi connectivity index (χ1) is 13.6. The lowest BCUT2D eigenvalue weighted by Crippen LogP contribution is -2.52. The Labute approximate surface area is 175 Å². The van der Waals surface area contributed by atoms with E-state index < -0.39 is 0 Å². The van der Waals surface area contributed by atoms with Gasteiger partial charge in [-0.25, -0.2) is 0 Å². The fourth-order valence-electron chi connectivity index (χ4n) is 8.84. The third-order valence-corrected chi connectivity index (χ3v) is 10.5. The van der Waals surface area contributed by atoms with Gasteiger partial charge in [0.15, 0.2) is 0 Å². The molecule has 1 heteroatoms. The van der Waals surface area contributed by atoms with Crippen LogP contribution in [0.4, 0.5) is 0 Å². The second kappa shape index (κ2) is 8.99. The van der Waals surface area contributed by atoms with Gasteiger partial charge in [0, 0.05) is 13.2 Å². The molecule has 0 aromatic rings. The van der Waals surface area contributed by atoms with Crippen LogP contribution in [0.1, 0.15) is 117 Å². The first-order valence-electron chi connectivity index (χ1n) is 13.2. The van der Waals surface area contributed by atoms with E-state index >= 15 is 0 Å². The average Bonchev–Trinajstić information content (AvgIpc) is 3.03. The second-order valence-electron chi connectivity index (χ2n) is 11.7. The number of hydrogen-bond donors (Lipinski definition) is 0. The Morgan fingerprint density at radius 2 is 1.61 bits per heavy atom. The van der Waals surface area contributed by atoms with Crippen LogP contribution < -0.4 is 0 Å². The molecule has 0 saturated heterocycles. The molecule has 0 bridgehead atoms. The molecule has 0 spiro atoms. The second-order valence-corrected chi connectivity index (χ2v) is 11.7. The average molecular weight is 389 g/mol. The molecule has 1 nitrogen and oxygen atoms in total. The molecular weight excluding hydrogens is 340 g/mol. The zero-order valence-electron chi connectivity index (χ0n) is 19.3. The third kappa shape index (κ3) is 3.83. The molecule has 162 valence electrons. The standard InChI is InChI=1S/C27H48O/c1-4-5-6-9-19-28-20-16-22-12-14-24-23-13-11-21-10-7-8-17-26(21,2)25(23)15-18-27(22,24)3/h21-25H,4-20H2,1-3H3/t21?,22-,23+,24+,25+,26+,27-/m1/s1. The van der Waals surface area contributed by atoms with E-state index in [-0.39, 0.29) is 0 Å². The number of unbranched alkanes of at least 4 members (excludes halogenated alkanes) is 3. The van der Waals surface area contributed by atoms with E-state index in [4.69, 9.17) is 4.74 Å².